The number of rotatable bonds is 5. The van der Waals surface area contributed by atoms with Crippen molar-refractivity contribution in [2.75, 3.05) is 0 Å². The van der Waals surface area contributed by atoms with E-state index >= 15 is 0 Å². The second-order valence-electron chi connectivity index (χ2n) is 6.83. The van der Waals surface area contributed by atoms with Gasteiger partial charge in [0.15, 0.2) is 6.10 Å². The molecule has 0 heterocycles. The van der Waals surface area contributed by atoms with Gasteiger partial charge < -0.3 is 10.1 Å². The molecule has 0 aliphatic carbocycles. The number of amides is 1. The van der Waals surface area contributed by atoms with Crippen LogP contribution in [0.3, 0.4) is 0 Å². The van der Waals surface area contributed by atoms with Crippen LogP contribution in [0.2, 0.25) is 0 Å². The predicted molar refractivity (Wildman–Crippen MR) is 107 cm³/mol. The maximum absolute atomic E-state index is 12.6. The second kappa shape index (κ2) is 7.61. The van der Waals surface area contributed by atoms with E-state index in [1.54, 1.807) is 6.92 Å². The summed E-state index contributed by atoms with van der Waals surface area (Å²) in [5.74, 6) is 0.608. The van der Waals surface area contributed by atoms with E-state index < -0.39 is 6.10 Å². The third kappa shape index (κ3) is 3.88. The Morgan fingerprint density at radius 1 is 0.962 bits per heavy atom. The summed E-state index contributed by atoms with van der Waals surface area (Å²) in [6.45, 7) is 7.91. The van der Waals surface area contributed by atoms with Gasteiger partial charge in [0.1, 0.15) is 5.75 Å². The minimum absolute atomic E-state index is 0.0685. The van der Waals surface area contributed by atoms with Crippen molar-refractivity contribution in [2.24, 2.45) is 0 Å². The van der Waals surface area contributed by atoms with E-state index in [0.717, 1.165) is 22.1 Å². The van der Waals surface area contributed by atoms with Gasteiger partial charge in [-0.25, -0.2) is 0 Å². The monoisotopic (exact) mass is 347 g/mol. The first-order chi connectivity index (χ1) is 12.5. The normalized spacial score (nSPS) is 13.2. The van der Waals surface area contributed by atoms with Crippen LogP contribution in [0.15, 0.2) is 60.7 Å². The Hall–Kier alpha value is -2.81. The van der Waals surface area contributed by atoms with Crippen LogP contribution < -0.4 is 10.1 Å². The lowest BCUT2D eigenvalue weighted by Gasteiger charge is -2.21. The molecule has 0 aliphatic rings. The summed E-state index contributed by atoms with van der Waals surface area (Å²) >= 11 is 0. The van der Waals surface area contributed by atoms with Crippen molar-refractivity contribution in [2.45, 2.75) is 39.8 Å². The maximum Gasteiger partial charge on any atom is 0.261 e. The summed E-state index contributed by atoms with van der Waals surface area (Å²) < 4.78 is 5.97. The smallest absolute Gasteiger partial charge is 0.261 e. The lowest BCUT2D eigenvalue weighted by molar-refractivity contribution is -0.127. The average Bonchev–Trinajstić information content (AvgIpc) is 2.63. The van der Waals surface area contributed by atoms with Gasteiger partial charge in [-0.05, 0) is 50.3 Å². The largest absolute Gasteiger partial charge is 0.480 e. The molecule has 3 rings (SSSR count). The van der Waals surface area contributed by atoms with Crippen molar-refractivity contribution in [3.05, 3.63) is 77.4 Å². The zero-order valence-corrected chi connectivity index (χ0v) is 15.7. The van der Waals surface area contributed by atoms with Gasteiger partial charge in [-0.3, -0.25) is 4.79 Å². The summed E-state index contributed by atoms with van der Waals surface area (Å²) in [6.07, 6.45) is -0.576. The molecule has 0 bridgehead atoms. The van der Waals surface area contributed by atoms with E-state index in [1.807, 2.05) is 49.4 Å². The van der Waals surface area contributed by atoms with Gasteiger partial charge >= 0.3 is 0 Å². The molecule has 3 aromatic rings. The quantitative estimate of drug-likeness (QED) is 0.697. The van der Waals surface area contributed by atoms with Crippen LogP contribution in [-0.2, 0) is 4.79 Å². The number of benzene rings is 3. The molecule has 26 heavy (non-hydrogen) atoms. The first-order valence-corrected chi connectivity index (χ1v) is 8.97. The highest BCUT2D eigenvalue weighted by atomic mass is 16.5. The Kier molecular flexibility index (Phi) is 5.27. The molecule has 0 saturated heterocycles. The van der Waals surface area contributed by atoms with Crippen molar-refractivity contribution >= 4 is 16.7 Å². The molecule has 0 aromatic heterocycles. The molecule has 1 N–H and O–H groups in total. The van der Waals surface area contributed by atoms with Crippen molar-refractivity contribution in [1.82, 2.24) is 5.32 Å². The van der Waals surface area contributed by atoms with Gasteiger partial charge in [0, 0.05) is 5.39 Å². The first-order valence-electron chi connectivity index (χ1n) is 8.97. The Labute approximate surface area is 155 Å². The van der Waals surface area contributed by atoms with Gasteiger partial charge in [0.2, 0.25) is 0 Å². The Morgan fingerprint density at radius 2 is 1.69 bits per heavy atom. The number of nitrogens with one attached hydrogen (secondary N) is 1. The molecular weight excluding hydrogens is 322 g/mol. The molecule has 3 nitrogen and oxygen atoms in total. The average molecular weight is 347 g/mol. The number of aryl methyl sites for hydroxylation is 2. The summed E-state index contributed by atoms with van der Waals surface area (Å²) in [4.78, 5) is 12.6. The number of hydrogen-bond donors (Lipinski definition) is 1. The molecule has 0 unspecified atom stereocenters. The van der Waals surface area contributed by atoms with Crippen molar-refractivity contribution in [3.8, 4) is 5.75 Å². The van der Waals surface area contributed by atoms with Crippen LogP contribution in [0.5, 0.6) is 5.75 Å². The summed E-state index contributed by atoms with van der Waals surface area (Å²) in [6, 6.07) is 20.1. The fourth-order valence-corrected chi connectivity index (χ4v) is 3.18. The summed E-state index contributed by atoms with van der Waals surface area (Å²) in [7, 11) is 0. The molecule has 1 amide bonds. The molecule has 0 fully saturated rings. The maximum atomic E-state index is 12.6. The lowest BCUT2D eigenvalue weighted by atomic mass is 10.00. The van der Waals surface area contributed by atoms with E-state index in [1.165, 1.54) is 11.1 Å². The highest BCUT2D eigenvalue weighted by molar-refractivity contribution is 5.89. The standard InChI is InChI=1S/C23H25NO2/c1-15-12-13-16(2)21(14-15)17(3)24-23(25)18(4)26-22-11-7-9-19-8-5-6-10-20(19)22/h5-14,17-18H,1-4H3,(H,24,25)/t17-,18-/m0/s1. The molecule has 3 heteroatoms. The van der Waals surface area contributed by atoms with Gasteiger partial charge in [-0.15, -0.1) is 0 Å². The second-order valence-corrected chi connectivity index (χ2v) is 6.83. The zero-order chi connectivity index (χ0) is 18.7. The minimum Gasteiger partial charge on any atom is -0.480 e. The SMILES string of the molecule is Cc1ccc(C)c([C@H](C)NC(=O)[C@H](C)Oc2cccc3ccccc23)c1. The Bertz CT molecular complexity index is 927. The topological polar surface area (TPSA) is 38.3 Å². The van der Waals surface area contributed by atoms with Gasteiger partial charge in [-0.2, -0.15) is 0 Å². The molecular formula is C23H25NO2. The first kappa shape index (κ1) is 18.0. The molecule has 0 saturated carbocycles. The van der Waals surface area contributed by atoms with Crippen LogP contribution in [0.4, 0.5) is 0 Å². The third-order valence-corrected chi connectivity index (χ3v) is 4.68. The third-order valence-electron chi connectivity index (χ3n) is 4.68. The highest BCUT2D eigenvalue weighted by Gasteiger charge is 2.19. The number of carbonyl (C=O) groups is 1. The lowest BCUT2D eigenvalue weighted by Crippen LogP contribution is -2.38. The Morgan fingerprint density at radius 3 is 2.50 bits per heavy atom. The van der Waals surface area contributed by atoms with Crippen LogP contribution in [0.25, 0.3) is 10.8 Å². The van der Waals surface area contributed by atoms with Crippen molar-refractivity contribution in [3.63, 3.8) is 0 Å². The van der Waals surface area contributed by atoms with Gasteiger partial charge in [0.05, 0.1) is 6.04 Å². The predicted octanol–water partition coefficient (Wildman–Crippen LogP) is 5.10. The fourth-order valence-electron chi connectivity index (χ4n) is 3.18. The van der Waals surface area contributed by atoms with Gasteiger partial charge in [0.25, 0.3) is 5.91 Å². The molecule has 3 aromatic carbocycles. The Balaban J connectivity index is 1.72. The summed E-state index contributed by atoms with van der Waals surface area (Å²) in [5, 5.41) is 5.18. The number of hydrogen-bond acceptors (Lipinski definition) is 2. The summed E-state index contributed by atoms with van der Waals surface area (Å²) in [5.41, 5.74) is 3.49. The molecule has 0 aliphatic heterocycles. The van der Waals surface area contributed by atoms with Gasteiger partial charge in [-0.1, -0.05) is 60.2 Å². The zero-order valence-electron chi connectivity index (χ0n) is 15.7. The minimum atomic E-state index is -0.576. The van der Waals surface area contributed by atoms with Crippen LogP contribution in [0, 0.1) is 13.8 Å². The molecule has 0 spiro atoms. The van der Waals surface area contributed by atoms with E-state index in [-0.39, 0.29) is 11.9 Å². The highest BCUT2D eigenvalue weighted by Crippen LogP contribution is 2.26. The van der Waals surface area contributed by atoms with Crippen LogP contribution in [-0.4, -0.2) is 12.0 Å². The molecule has 2 atom stereocenters. The van der Waals surface area contributed by atoms with Crippen molar-refractivity contribution < 1.29 is 9.53 Å². The number of fused-ring (bicyclic) bond motifs is 1. The molecule has 134 valence electrons. The van der Waals surface area contributed by atoms with E-state index in [0.29, 0.717) is 0 Å². The van der Waals surface area contributed by atoms with E-state index in [9.17, 15) is 4.79 Å². The van der Waals surface area contributed by atoms with Crippen LogP contribution >= 0.6 is 0 Å². The van der Waals surface area contributed by atoms with Crippen LogP contribution in [0.1, 0.15) is 36.6 Å². The number of carbonyl (C=O) groups excluding carboxylic acids is 1. The van der Waals surface area contributed by atoms with E-state index in [2.05, 4.69) is 37.4 Å². The fraction of sp³-hybridized carbons (Fsp3) is 0.261. The van der Waals surface area contributed by atoms with E-state index in [4.69, 9.17) is 4.74 Å². The van der Waals surface area contributed by atoms with Crippen molar-refractivity contribution in [1.29, 1.82) is 0 Å². The number of ether oxygens (including phenoxy) is 1. The molecule has 0 radical (unpaired) electrons.